The molecule has 10 aromatic rings. The van der Waals surface area contributed by atoms with Gasteiger partial charge in [-0.15, -0.1) is 11.6 Å². The molecular formula is C115H125ClF6O15. The van der Waals surface area contributed by atoms with Crippen molar-refractivity contribution in [2.24, 2.45) is 39.9 Å². The van der Waals surface area contributed by atoms with Crippen molar-refractivity contribution in [3.8, 4) is 73.6 Å². The lowest BCUT2D eigenvalue weighted by molar-refractivity contribution is -0.142. The van der Waals surface area contributed by atoms with Gasteiger partial charge in [-0.1, -0.05) is 108 Å². The largest absolute Gasteiger partial charge is 0.508 e. The number of phenolic OH excluding ortho intramolecular Hbond substituents is 2. The normalized spacial score (nSPS) is 16.7. The van der Waals surface area contributed by atoms with E-state index in [2.05, 4.69) is 59.8 Å². The van der Waals surface area contributed by atoms with E-state index in [1.165, 1.54) is 104 Å². The van der Waals surface area contributed by atoms with E-state index in [1.807, 2.05) is 91.0 Å². The maximum Gasteiger partial charge on any atom is 0.306 e. The first kappa shape index (κ1) is 102. The maximum atomic E-state index is 15.9. The Bertz CT molecular complexity index is 5780. The zero-order valence-corrected chi connectivity index (χ0v) is 81.2. The van der Waals surface area contributed by atoms with Crippen molar-refractivity contribution in [3.05, 3.63) is 297 Å². The highest BCUT2D eigenvalue weighted by atomic mass is 35.5. The third kappa shape index (κ3) is 26.4. The number of ether oxygens (including phenoxy) is 9. The van der Waals surface area contributed by atoms with Crippen LogP contribution < -0.4 is 23.7 Å². The lowest BCUT2D eigenvalue weighted by Crippen LogP contribution is -2.12. The molecule has 4 atom stereocenters. The van der Waals surface area contributed by atoms with E-state index in [0.717, 1.165) is 129 Å². The predicted molar refractivity (Wildman–Crippen MR) is 524 cm³/mol. The molecule has 0 spiro atoms. The number of rotatable bonds is 32. The minimum Gasteiger partial charge on any atom is -0.508 e. The number of phenols is 2. The van der Waals surface area contributed by atoms with E-state index >= 15 is 22.0 Å². The second-order valence-corrected chi connectivity index (χ2v) is 38.9. The van der Waals surface area contributed by atoms with Crippen LogP contribution in [0.15, 0.2) is 206 Å². The molecule has 137 heavy (non-hydrogen) atoms. The molecule has 4 saturated carbocycles. The topological polar surface area (TPSA) is 192 Å². The Balaban J connectivity index is 0.000000152. The third-order valence-electron chi connectivity index (χ3n) is 27.5. The van der Waals surface area contributed by atoms with E-state index in [9.17, 15) is 33.8 Å². The van der Waals surface area contributed by atoms with Crippen LogP contribution in [-0.4, -0.2) is 83.9 Å². The van der Waals surface area contributed by atoms with Crippen molar-refractivity contribution >= 4 is 52.2 Å². The molecule has 17 rings (SSSR count). The van der Waals surface area contributed by atoms with Crippen molar-refractivity contribution in [1.29, 1.82) is 0 Å². The minimum absolute atomic E-state index is 0.0913. The predicted octanol–water partition coefficient (Wildman–Crippen LogP) is 28.4. The number of benzene rings is 10. The van der Waals surface area contributed by atoms with Gasteiger partial charge in [0.05, 0.1) is 75.5 Å². The van der Waals surface area contributed by atoms with Crippen LogP contribution in [0.25, 0.3) is 50.1 Å². The molecule has 0 bridgehead atoms. The molecule has 0 amide bonds. The highest BCUT2D eigenvalue weighted by Gasteiger charge is 2.41. The van der Waals surface area contributed by atoms with Gasteiger partial charge in [-0.3, -0.25) is 19.2 Å². The van der Waals surface area contributed by atoms with Crippen LogP contribution in [0.5, 0.6) is 40.2 Å². The van der Waals surface area contributed by atoms with Gasteiger partial charge in [0.25, 0.3) is 0 Å². The second kappa shape index (κ2) is 45.8. The lowest BCUT2D eigenvalue weighted by Gasteiger charge is -2.26. The van der Waals surface area contributed by atoms with Gasteiger partial charge in [-0.2, -0.15) is 0 Å². The Hall–Kier alpha value is -12.2. The fourth-order valence-electron chi connectivity index (χ4n) is 19.3. The molecular weight excluding hydrogens is 1770 g/mol. The van der Waals surface area contributed by atoms with E-state index < -0.39 is 34.9 Å². The summed E-state index contributed by atoms with van der Waals surface area (Å²) in [5, 5.41) is 18.9. The molecule has 22 heteroatoms. The van der Waals surface area contributed by atoms with Crippen LogP contribution in [0, 0.1) is 74.8 Å². The molecule has 10 aromatic carbocycles. The lowest BCUT2D eigenvalue weighted by atomic mass is 9.79. The average Bonchev–Trinajstić information content (AvgIpc) is 1.78. The van der Waals surface area contributed by atoms with Gasteiger partial charge >= 0.3 is 23.9 Å². The first-order valence-electron chi connectivity index (χ1n) is 47.2. The quantitative estimate of drug-likeness (QED) is 0.0175. The number of hydrogen-bond donors (Lipinski definition) is 2. The number of esters is 4. The highest BCUT2D eigenvalue weighted by molar-refractivity contribution is 6.17. The van der Waals surface area contributed by atoms with Gasteiger partial charge in [0.15, 0.2) is 0 Å². The summed E-state index contributed by atoms with van der Waals surface area (Å²) < 4.78 is 139. The van der Waals surface area contributed by atoms with Gasteiger partial charge in [-0.05, 0) is 365 Å². The van der Waals surface area contributed by atoms with Crippen molar-refractivity contribution in [2.45, 2.75) is 200 Å². The Morgan fingerprint density at radius 3 is 0.847 bits per heavy atom. The summed E-state index contributed by atoms with van der Waals surface area (Å²) in [5.74, 6) is 2.33. The van der Waals surface area contributed by atoms with Crippen LogP contribution in [-0.2, 0) is 57.2 Å². The van der Waals surface area contributed by atoms with Crippen LogP contribution in [0.4, 0.5) is 26.3 Å². The van der Waals surface area contributed by atoms with E-state index in [4.69, 9.17) is 54.2 Å². The van der Waals surface area contributed by atoms with Gasteiger partial charge < -0.3 is 52.8 Å². The SMILES string of the molecule is COC(=O)C[C@@H](c1cccc(O)c1)C1CC1.COC(=O)C[C@@H](c1cccc(OCc2cc(F)c(-c3cc(OC)ccc3F)c(C3=CCCC3(C)C)c2)c1)C1CC1.COC(=O)C[C@H](c1cccc(O)c1)C1CC1.COC(=O)C[C@H](c1cccc(OCc2cc(F)c(-c3cc(OC)ccc3F)c(C3=CCCC3(C)C)c2)c1)C1CC1.COc1ccc(F)c(-c2c(F)cc(CCl)cc2C2=CCCC2(C)C)c1. The zero-order chi connectivity index (χ0) is 98.2. The van der Waals surface area contributed by atoms with Crippen LogP contribution in [0.3, 0.4) is 0 Å². The third-order valence-corrected chi connectivity index (χ3v) is 27.9. The number of halogens is 7. The van der Waals surface area contributed by atoms with Crippen molar-refractivity contribution in [2.75, 3.05) is 49.8 Å². The number of aromatic hydroxyl groups is 2. The van der Waals surface area contributed by atoms with Gasteiger partial charge in [0, 0.05) is 39.3 Å². The molecule has 724 valence electrons. The van der Waals surface area contributed by atoms with Crippen LogP contribution >= 0.6 is 11.6 Å². The molecule has 0 aliphatic heterocycles. The number of hydrogen-bond acceptors (Lipinski definition) is 15. The first-order valence-corrected chi connectivity index (χ1v) is 47.7. The Labute approximate surface area is 805 Å². The fraction of sp³-hybridized carbons (Fsp3) is 0.391. The molecule has 7 aliphatic rings. The second-order valence-electron chi connectivity index (χ2n) is 38.6. The highest BCUT2D eigenvalue weighted by Crippen LogP contribution is 2.55. The number of carbonyl (C=O) groups excluding carboxylic acids is 4. The molecule has 0 unspecified atom stereocenters. The van der Waals surface area contributed by atoms with Crippen molar-refractivity contribution in [1.82, 2.24) is 0 Å². The summed E-state index contributed by atoms with van der Waals surface area (Å²) in [6.45, 7) is 13.1. The Kier molecular flexibility index (Phi) is 34.2. The van der Waals surface area contributed by atoms with Gasteiger partial charge in [0.2, 0.25) is 0 Å². The summed E-state index contributed by atoms with van der Waals surface area (Å²) in [4.78, 5) is 46.7. The zero-order valence-electron chi connectivity index (χ0n) is 80.4. The molecule has 7 aliphatic carbocycles. The smallest absolute Gasteiger partial charge is 0.306 e. The summed E-state index contributed by atoms with van der Waals surface area (Å²) in [7, 11) is 10.2. The van der Waals surface area contributed by atoms with Crippen LogP contribution in [0.2, 0.25) is 0 Å². The summed E-state index contributed by atoms with van der Waals surface area (Å²) >= 11 is 5.95. The molecule has 0 heterocycles. The number of allylic oxidation sites excluding steroid dienone is 6. The van der Waals surface area contributed by atoms with E-state index in [0.29, 0.717) is 111 Å². The summed E-state index contributed by atoms with van der Waals surface area (Å²) in [6, 6.07) is 53.0. The van der Waals surface area contributed by atoms with E-state index in [-0.39, 0.29) is 128 Å². The Morgan fingerprint density at radius 1 is 0.328 bits per heavy atom. The molecule has 2 N–H and O–H groups in total. The van der Waals surface area contributed by atoms with Crippen molar-refractivity contribution < 1.29 is 98.4 Å². The number of carbonyl (C=O) groups is 4. The molecule has 0 saturated heterocycles. The number of alkyl halides is 1. The van der Waals surface area contributed by atoms with Gasteiger partial charge in [-0.25, -0.2) is 26.3 Å². The molecule has 0 aromatic heterocycles. The Morgan fingerprint density at radius 2 is 0.599 bits per heavy atom. The summed E-state index contributed by atoms with van der Waals surface area (Å²) in [6.07, 6.45) is 22.5. The standard InChI is InChI=1S/2C34H36F2O4.C21H21ClF2O.2C13H16O3/c2*1-34(2)14-6-9-29(34)27-15-21(16-31(36)33(27)28-18-24(38-3)12-13-30(28)35)20-40-25-8-5-7-23(17-25)26(22-10-11-22)19-32(37)39-4;1-21(2)8-4-5-17(21)15-9-13(12-22)10-19(24)20(15)16-11-14(25-3)6-7-18(16)23;2*1-16-13(15)8-12(9-5-6-9)10-3-2-4-11(14)7-10/h2*5,7-9,12-13,15-18,22,26H,6,10-11,14,19-20H2,1-4H3;5-7,9-11H,4,8,12H2,1-3H3;2*2-4,7,9,12,14H,5-6,8H2,1H3/t2*26-;;2*12-/m10.10/s1. The molecule has 4 fully saturated rings. The van der Waals surface area contributed by atoms with Gasteiger partial charge in [0.1, 0.15) is 88.4 Å². The van der Waals surface area contributed by atoms with Crippen molar-refractivity contribution in [3.63, 3.8) is 0 Å². The molecule has 15 nitrogen and oxygen atoms in total. The fourth-order valence-corrected chi connectivity index (χ4v) is 19.5. The molecule has 0 radical (unpaired) electrons. The van der Waals surface area contributed by atoms with E-state index in [1.54, 1.807) is 42.5 Å². The number of methoxy groups -OCH3 is 7. The maximum absolute atomic E-state index is 15.9. The average molecular weight is 1900 g/mol. The minimum atomic E-state index is -0.507. The van der Waals surface area contributed by atoms with Crippen LogP contribution in [0.1, 0.15) is 236 Å². The monoisotopic (exact) mass is 1890 g/mol. The summed E-state index contributed by atoms with van der Waals surface area (Å²) in [5.41, 5.74) is 12.1. The first-order chi connectivity index (χ1) is 65.7.